The van der Waals surface area contributed by atoms with Crippen molar-refractivity contribution in [3.05, 3.63) is 56.5 Å². The lowest BCUT2D eigenvalue weighted by Crippen LogP contribution is -2.34. The highest BCUT2D eigenvalue weighted by atomic mass is 35.5. The number of nitrogens with two attached hydrogens (primary N) is 2. The molecule has 1 atom stereocenters. The highest BCUT2D eigenvalue weighted by Crippen LogP contribution is 2.27. The van der Waals surface area contributed by atoms with E-state index in [4.69, 9.17) is 27.9 Å². The van der Waals surface area contributed by atoms with E-state index in [1.54, 1.807) is 32.9 Å². The van der Waals surface area contributed by atoms with E-state index < -0.39 is 27.6 Å². The lowest BCUT2D eigenvalue weighted by atomic mass is 10.1. The SMILES string of the molecule is Cc1cc(CC(=O)NCC(C)ON=C(N)N)c(NS(=O)(=O)c2c(C)cccc2Cl)c(=O)[nH]1. The normalized spacial score (nSPS) is 12.0. The maximum Gasteiger partial charge on any atom is 0.272 e. The van der Waals surface area contributed by atoms with Gasteiger partial charge in [-0.3, -0.25) is 14.3 Å². The smallest absolute Gasteiger partial charge is 0.272 e. The lowest BCUT2D eigenvalue weighted by Gasteiger charge is -2.15. The van der Waals surface area contributed by atoms with Crippen molar-refractivity contribution in [2.24, 2.45) is 16.6 Å². The maximum atomic E-state index is 13.0. The van der Waals surface area contributed by atoms with Gasteiger partial charge >= 0.3 is 0 Å². The number of sulfonamides is 1. The van der Waals surface area contributed by atoms with Crippen LogP contribution < -0.4 is 27.1 Å². The van der Waals surface area contributed by atoms with Crippen LogP contribution >= 0.6 is 11.6 Å². The second-order valence-electron chi connectivity index (χ2n) is 7.09. The number of guanidine groups is 1. The molecule has 174 valence electrons. The molecule has 0 aliphatic heterocycles. The number of aryl methyl sites for hydroxylation is 2. The minimum absolute atomic E-state index is 0.00935. The molecule has 0 fully saturated rings. The Morgan fingerprint density at radius 2 is 2.00 bits per heavy atom. The molecule has 7 N–H and O–H groups in total. The number of hydrogen-bond donors (Lipinski definition) is 5. The van der Waals surface area contributed by atoms with Crippen molar-refractivity contribution in [2.75, 3.05) is 11.3 Å². The number of pyridine rings is 1. The first-order valence-corrected chi connectivity index (χ1v) is 11.3. The average Bonchev–Trinajstić information content (AvgIpc) is 2.67. The van der Waals surface area contributed by atoms with Crippen LogP contribution in [0.25, 0.3) is 0 Å². The summed E-state index contributed by atoms with van der Waals surface area (Å²) in [4.78, 5) is 32.3. The third kappa shape index (κ3) is 6.62. The Kier molecular flexibility index (Phi) is 8.11. The lowest BCUT2D eigenvalue weighted by molar-refractivity contribution is -0.121. The summed E-state index contributed by atoms with van der Waals surface area (Å²) in [5.74, 6) is -0.725. The maximum absolute atomic E-state index is 13.0. The van der Waals surface area contributed by atoms with Crippen LogP contribution in [0.1, 0.15) is 23.7 Å². The first-order valence-electron chi connectivity index (χ1n) is 9.43. The van der Waals surface area contributed by atoms with Crippen LogP contribution in [0, 0.1) is 13.8 Å². The van der Waals surface area contributed by atoms with Gasteiger partial charge in [-0.1, -0.05) is 23.7 Å². The van der Waals surface area contributed by atoms with Crippen molar-refractivity contribution in [2.45, 2.75) is 38.2 Å². The van der Waals surface area contributed by atoms with E-state index in [1.165, 1.54) is 12.1 Å². The molecule has 0 saturated carbocycles. The van der Waals surface area contributed by atoms with Crippen LogP contribution in [0.3, 0.4) is 0 Å². The number of oxime groups is 1. The largest absolute Gasteiger partial charge is 0.388 e. The molecular formula is C19H25ClN6O5S. The van der Waals surface area contributed by atoms with Gasteiger partial charge in [0, 0.05) is 5.69 Å². The number of hydrogen-bond acceptors (Lipinski definition) is 6. The summed E-state index contributed by atoms with van der Waals surface area (Å²) in [6.45, 7) is 4.91. The van der Waals surface area contributed by atoms with Crippen molar-refractivity contribution in [3.8, 4) is 0 Å². The molecule has 0 aliphatic rings. The minimum Gasteiger partial charge on any atom is -0.388 e. The van der Waals surface area contributed by atoms with Crippen LogP contribution in [0.5, 0.6) is 0 Å². The van der Waals surface area contributed by atoms with Gasteiger partial charge in [-0.25, -0.2) is 8.42 Å². The summed E-state index contributed by atoms with van der Waals surface area (Å²) >= 11 is 6.08. The quantitative estimate of drug-likeness (QED) is 0.197. The fraction of sp³-hybridized carbons (Fsp3) is 0.316. The van der Waals surface area contributed by atoms with E-state index in [1.807, 2.05) is 0 Å². The van der Waals surface area contributed by atoms with E-state index in [0.29, 0.717) is 11.3 Å². The van der Waals surface area contributed by atoms with Gasteiger partial charge in [0.05, 0.1) is 18.0 Å². The Hall–Kier alpha value is -3.25. The zero-order valence-corrected chi connectivity index (χ0v) is 19.3. The summed E-state index contributed by atoms with van der Waals surface area (Å²) in [6.07, 6.45) is -0.790. The Morgan fingerprint density at radius 3 is 2.62 bits per heavy atom. The number of rotatable bonds is 9. The standard InChI is InChI=1S/C19H25ClN6O5S/c1-10-5-4-6-14(20)17(10)32(29,30)26-16-13(7-11(2)24-18(16)28)8-15(27)23-9-12(3)31-25-19(21)22/h4-7,12,26H,8-9H2,1-3H3,(H,23,27)(H,24,28)(H4,21,22,25). The second kappa shape index (κ2) is 10.4. The molecule has 0 radical (unpaired) electrons. The molecule has 1 unspecified atom stereocenters. The zero-order valence-electron chi connectivity index (χ0n) is 17.7. The fourth-order valence-corrected chi connectivity index (χ4v) is 4.77. The summed E-state index contributed by atoms with van der Waals surface area (Å²) in [5, 5.41) is 6.01. The molecule has 13 heteroatoms. The molecule has 1 heterocycles. The highest BCUT2D eigenvalue weighted by Gasteiger charge is 2.24. The molecule has 32 heavy (non-hydrogen) atoms. The number of halogens is 1. The number of aromatic amines is 1. The number of benzene rings is 1. The zero-order chi connectivity index (χ0) is 24.1. The number of nitrogens with zero attached hydrogens (tertiary/aromatic N) is 1. The van der Waals surface area contributed by atoms with Gasteiger partial charge in [0.2, 0.25) is 11.9 Å². The monoisotopic (exact) mass is 484 g/mol. The van der Waals surface area contributed by atoms with Gasteiger partial charge in [0.25, 0.3) is 15.6 Å². The van der Waals surface area contributed by atoms with E-state index in [2.05, 4.69) is 20.2 Å². The van der Waals surface area contributed by atoms with Crippen LogP contribution in [0.4, 0.5) is 5.69 Å². The van der Waals surface area contributed by atoms with Crippen molar-refractivity contribution in [1.29, 1.82) is 0 Å². The van der Waals surface area contributed by atoms with E-state index >= 15 is 0 Å². The number of carbonyl (C=O) groups excluding carboxylic acids is 1. The van der Waals surface area contributed by atoms with Gasteiger partial charge in [0.15, 0.2) is 0 Å². The van der Waals surface area contributed by atoms with Crippen LogP contribution in [-0.4, -0.2) is 37.9 Å². The number of carbonyl (C=O) groups is 1. The molecule has 2 rings (SSSR count). The predicted molar refractivity (Wildman–Crippen MR) is 122 cm³/mol. The molecule has 11 nitrogen and oxygen atoms in total. The van der Waals surface area contributed by atoms with Gasteiger partial charge in [-0.05, 0) is 49.2 Å². The summed E-state index contributed by atoms with van der Waals surface area (Å²) in [7, 11) is -4.20. The van der Waals surface area contributed by atoms with Gasteiger partial charge in [-0.2, -0.15) is 0 Å². The minimum atomic E-state index is -4.20. The van der Waals surface area contributed by atoms with E-state index in [0.717, 1.165) is 0 Å². The van der Waals surface area contributed by atoms with Gasteiger partial charge in [-0.15, -0.1) is 0 Å². The van der Waals surface area contributed by atoms with Crippen LogP contribution in [0.15, 0.2) is 39.1 Å². The number of amides is 1. The predicted octanol–water partition coefficient (Wildman–Crippen LogP) is 0.698. The first kappa shape index (κ1) is 25.0. The Morgan fingerprint density at radius 1 is 1.31 bits per heavy atom. The first-order chi connectivity index (χ1) is 14.9. The Balaban J connectivity index is 2.26. The topological polar surface area (TPSA) is 182 Å². The molecule has 2 aromatic rings. The van der Waals surface area contributed by atoms with E-state index in [9.17, 15) is 18.0 Å². The van der Waals surface area contributed by atoms with Crippen molar-refractivity contribution < 1.29 is 18.0 Å². The van der Waals surface area contributed by atoms with Gasteiger partial charge < -0.3 is 26.6 Å². The molecule has 0 spiro atoms. The Bertz CT molecular complexity index is 1170. The molecular weight excluding hydrogens is 460 g/mol. The van der Waals surface area contributed by atoms with Crippen LogP contribution in [-0.2, 0) is 26.1 Å². The van der Waals surface area contributed by atoms with Crippen LogP contribution in [0.2, 0.25) is 5.02 Å². The number of aromatic nitrogens is 1. The molecule has 0 aliphatic carbocycles. The summed E-state index contributed by atoms with van der Waals surface area (Å²) in [6, 6.07) is 6.14. The van der Waals surface area contributed by atoms with Crippen molar-refractivity contribution in [1.82, 2.24) is 10.3 Å². The molecule has 0 bridgehead atoms. The number of H-pyrrole nitrogens is 1. The number of anilines is 1. The molecule has 1 amide bonds. The molecule has 1 aromatic heterocycles. The van der Waals surface area contributed by atoms with Crippen molar-refractivity contribution >= 4 is 39.2 Å². The summed E-state index contributed by atoms with van der Waals surface area (Å²) in [5.41, 5.74) is 10.4. The second-order valence-corrected chi connectivity index (χ2v) is 9.11. The average molecular weight is 485 g/mol. The highest BCUT2D eigenvalue weighted by molar-refractivity contribution is 7.92. The molecule has 1 aromatic carbocycles. The molecule has 0 saturated heterocycles. The third-order valence-corrected chi connectivity index (χ3v) is 6.17. The van der Waals surface area contributed by atoms with E-state index in [-0.39, 0.29) is 40.1 Å². The third-order valence-electron chi connectivity index (χ3n) is 4.19. The van der Waals surface area contributed by atoms with Gasteiger partial charge in [0.1, 0.15) is 16.7 Å². The fourth-order valence-electron chi connectivity index (χ4n) is 2.83. The number of nitrogens with one attached hydrogen (secondary N) is 3. The summed E-state index contributed by atoms with van der Waals surface area (Å²) < 4.78 is 28.2. The Labute approximate surface area is 190 Å². The van der Waals surface area contributed by atoms with Crippen molar-refractivity contribution in [3.63, 3.8) is 0 Å².